The van der Waals surface area contributed by atoms with Crippen LogP contribution in [-0.4, -0.2) is 58.8 Å². The predicted molar refractivity (Wildman–Crippen MR) is 135 cm³/mol. The lowest BCUT2D eigenvalue weighted by molar-refractivity contribution is -0.136. The Bertz CT molecular complexity index is 1350. The van der Waals surface area contributed by atoms with Gasteiger partial charge in [0, 0.05) is 43.6 Å². The first-order valence-electron chi connectivity index (χ1n) is 13.3. The number of hydrogen-bond donors (Lipinski definition) is 1. The van der Waals surface area contributed by atoms with E-state index >= 15 is 0 Å². The van der Waals surface area contributed by atoms with Gasteiger partial charge in [-0.2, -0.15) is 5.26 Å². The van der Waals surface area contributed by atoms with E-state index in [1.54, 1.807) is 23.1 Å². The van der Waals surface area contributed by atoms with Gasteiger partial charge in [-0.25, -0.2) is 4.39 Å². The van der Waals surface area contributed by atoms with Crippen molar-refractivity contribution in [2.24, 2.45) is 0 Å². The van der Waals surface area contributed by atoms with E-state index in [2.05, 4.69) is 10.2 Å². The van der Waals surface area contributed by atoms with Crippen LogP contribution >= 0.6 is 0 Å². The van der Waals surface area contributed by atoms with Crippen LogP contribution in [0.3, 0.4) is 0 Å². The molecule has 1 N–H and O–H groups in total. The van der Waals surface area contributed by atoms with Crippen molar-refractivity contribution in [1.29, 1.82) is 5.26 Å². The van der Waals surface area contributed by atoms with Crippen molar-refractivity contribution in [2.45, 2.75) is 69.2 Å². The van der Waals surface area contributed by atoms with E-state index in [9.17, 15) is 18.8 Å². The Labute approximate surface area is 220 Å². The molecule has 0 radical (unpaired) electrons. The Kier molecular flexibility index (Phi) is 6.36. The quantitative estimate of drug-likeness (QED) is 0.612. The maximum Gasteiger partial charge on any atom is 0.255 e. The standard InChI is InChI=1S/C29H29FN4O4/c30-23-11-17(13-31)5-7-21(23)19-14-33(15-19)24-3-1-2-4-26(24)38-20-6-8-22-18(12-20)16-34(29(22)37)25-9-10-27(35)32-28(25)36/h5-8,11-12,19,24-26H,1-4,9-10,14-16H2,(H,32,35,36). The third-order valence-corrected chi connectivity index (χ3v) is 8.40. The fourth-order valence-electron chi connectivity index (χ4n) is 6.34. The molecule has 1 aliphatic carbocycles. The van der Waals surface area contributed by atoms with Crippen LogP contribution in [0.4, 0.5) is 4.39 Å². The first kappa shape index (κ1) is 24.6. The second kappa shape index (κ2) is 9.84. The van der Waals surface area contributed by atoms with Gasteiger partial charge >= 0.3 is 0 Å². The first-order chi connectivity index (χ1) is 18.4. The van der Waals surface area contributed by atoms with Crippen LogP contribution < -0.4 is 10.1 Å². The molecule has 2 aromatic carbocycles. The number of nitrogens with one attached hydrogen (secondary N) is 1. The summed E-state index contributed by atoms with van der Waals surface area (Å²) >= 11 is 0. The summed E-state index contributed by atoms with van der Waals surface area (Å²) in [6.07, 6.45) is 4.70. The van der Waals surface area contributed by atoms with Crippen LogP contribution in [0.15, 0.2) is 36.4 Å². The smallest absolute Gasteiger partial charge is 0.255 e. The van der Waals surface area contributed by atoms with Crippen LogP contribution in [0.5, 0.6) is 5.75 Å². The van der Waals surface area contributed by atoms with Crippen molar-refractivity contribution in [3.05, 3.63) is 64.5 Å². The van der Waals surface area contributed by atoms with E-state index in [0.29, 0.717) is 35.4 Å². The van der Waals surface area contributed by atoms with Crippen molar-refractivity contribution in [3.8, 4) is 11.8 Å². The SMILES string of the molecule is N#Cc1ccc(C2CN(C3CCCCC3Oc3ccc4c(c3)CN(C3CCC(=O)NC3=O)C4=O)C2)c(F)c1. The molecule has 38 heavy (non-hydrogen) atoms. The highest BCUT2D eigenvalue weighted by Crippen LogP contribution is 2.37. The number of piperidine rings is 1. The molecule has 3 atom stereocenters. The predicted octanol–water partition coefficient (Wildman–Crippen LogP) is 3.25. The molecule has 196 valence electrons. The van der Waals surface area contributed by atoms with Gasteiger partial charge in [-0.1, -0.05) is 12.5 Å². The second-order valence-corrected chi connectivity index (χ2v) is 10.7. The summed E-state index contributed by atoms with van der Waals surface area (Å²) in [5, 5.41) is 11.3. The van der Waals surface area contributed by atoms with Crippen molar-refractivity contribution >= 4 is 17.7 Å². The van der Waals surface area contributed by atoms with Crippen LogP contribution in [0.1, 0.15) is 71.5 Å². The zero-order valence-corrected chi connectivity index (χ0v) is 21.0. The van der Waals surface area contributed by atoms with E-state index < -0.39 is 11.9 Å². The van der Waals surface area contributed by atoms with Gasteiger partial charge in [0.25, 0.3) is 5.91 Å². The van der Waals surface area contributed by atoms with E-state index in [4.69, 9.17) is 10.00 Å². The summed E-state index contributed by atoms with van der Waals surface area (Å²) in [6, 6.07) is 11.8. The van der Waals surface area contributed by atoms with Crippen molar-refractivity contribution < 1.29 is 23.5 Å². The van der Waals surface area contributed by atoms with Gasteiger partial charge in [0.05, 0.1) is 11.6 Å². The van der Waals surface area contributed by atoms with Crippen LogP contribution in [-0.2, 0) is 16.1 Å². The zero-order valence-electron chi connectivity index (χ0n) is 21.0. The molecule has 0 spiro atoms. The first-order valence-corrected chi connectivity index (χ1v) is 13.3. The number of hydrogen-bond acceptors (Lipinski definition) is 6. The fourth-order valence-corrected chi connectivity index (χ4v) is 6.34. The van der Waals surface area contributed by atoms with Gasteiger partial charge < -0.3 is 9.64 Å². The van der Waals surface area contributed by atoms with Crippen molar-refractivity contribution in [3.63, 3.8) is 0 Å². The Hall–Kier alpha value is -3.77. The minimum Gasteiger partial charge on any atom is -0.489 e. The topological polar surface area (TPSA) is 103 Å². The number of halogens is 1. The normalized spacial score (nSPS) is 25.9. The molecule has 3 unspecified atom stereocenters. The summed E-state index contributed by atoms with van der Waals surface area (Å²) in [7, 11) is 0. The van der Waals surface area contributed by atoms with E-state index in [-0.39, 0.29) is 42.1 Å². The van der Waals surface area contributed by atoms with Gasteiger partial charge in [-0.15, -0.1) is 0 Å². The highest BCUT2D eigenvalue weighted by atomic mass is 19.1. The number of carbonyl (C=O) groups is 3. The molecular formula is C29H29FN4O4. The molecule has 0 aromatic heterocycles. The maximum atomic E-state index is 14.5. The Morgan fingerprint density at radius 2 is 1.84 bits per heavy atom. The molecule has 6 rings (SSSR count). The molecule has 3 aliphatic heterocycles. The Morgan fingerprint density at radius 3 is 2.61 bits per heavy atom. The highest BCUT2D eigenvalue weighted by Gasteiger charge is 2.41. The molecule has 8 nitrogen and oxygen atoms in total. The van der Waals surface area contributed by atoms with Gasteiger partial charge in [0.15, 0.2) is 0 Å². The summed E-state index contributed by atoms with van der Waals surface area (Å²) in [5.74, 6) is -0.424. The van der Waals surface area contributed by atoms with E-state index in [0.717, 1.165) is 44.3 Å². The molecule has 9 heteroatoms. The van der Waals surface area contributed by atoms with Crippen LogP contribution in [0.25, 0.3) is 0 Å². The Balaban J connectivity index is 1.11. The van der Waals surface area contributed by atoms with Crippen LogP contribution in [0, 0.1) is 17.1 Å². The average molecular weight is 517 g/mol. The number of amides is 3. The monoisotopic (exact) mass is 516 g/mol. The number of ether oxygens (including phenoxy) is 1. The molecule has 3 amide bonds. The molecule has 2 aromatic rings. The number of fused-ring (bicyclic) bond motifs is 1. The molecule has 3 fully saturated rings. The summed E-state index contributed by atoms with van der Waals surface area (Å²) in [6.45, 7) is 1.83. The van der Waals surface area contributed by atoms with Gasteiger partial charge in [-0.3, -0.25) is 24.6 Å². The fraction of sp³-hybridized carbons (Fsp3) is 0.448. The minimum absolute atomic E-state index is 0.00287. The lowest BCUT2D eigenvalue weighted by Crippen LogP contribution is -2.57. The summed E-state index contributed by atoms with van der Waals surface area (Å²) < 4.78 is 21.0. The number of carbonyl (C=O) groups excluding carboxylic acids is 3. The number of nitriles is 1. The van der Waals surface area contributed by atoms with Crippen LogP contribution in [0.2, 0.25) is 0 Å². The van der Waals surface area contributed by atoms with E-state index in [1.165, 1.54) is 6.07 Å². The number of likely N-dealkylation sites (tertiary alicyclic amines) is 1. The number of nitrogens with zero attached hydrogens (tertiary/aromatic N) is 3. The molecule has 4 aliphatic rings. The van der Waals surface area contributed by atoms with Gasteiger partial charge in [0.2, 0.25) is 11.8 Å². The van der Waals surface area contributed by atoms with Crippen molar-refractivity contribution in [1.82, 2.24) is 15.1 Å². The van der Waals surface area contributed by atoms with Crippen molar-refractivity contribution in [2.75, 3.05) is 13.1 Å². The molecule has 2 saturated heterocycles. The number of rotatable bonds is 5. The third-order valence-electron chi connectivity index (χ3n) is 8.40. The average Bonchev–Trinajstić information content (AvgIpc) is 3.20. The minimum atomic E-state index is -0.639. The molecule has 3 heterocycles. The van der Waals surface area contributed by atoms with E-state index in [1.807, 2.05) is 18.2 Å². The Morgan fingerprint density at radius 1 is 1.03 bits per heavy atom. The molecule has 1 saturated carbocycles. The number of benzene rings is 2. The summed E-state index contributed by atoms with van der Waals surface area (Å²) in [5.41, 5.74) is 2.39. The lowest BCUT2D eigenvalue weighted by atomic mass is 9.84. The molecule has 0 bridgehead atoms. The zero-order chi connectivity index (χ0) is 26.4. The maximum absolute atomic E-state index is 14.5. The lowest BCUT2D eigenvalue weighted by Gasteiger charge is -2.48. The number of imide groups is 1. The largest absolute Gasteiger partial charge is 0.489 e. The van der Waals surface area contributed by atoms with Gasteiger partial charge in [0.1, 0.15) is 23.7 Å². The highest BCUT2D eigenvalue weighted by molar-refractivity contribution is 6.05. The second-order valence-electron chi connectivity index (χ2n) is 10.7. The van der Waals surface area contributed by atoms with Gasteiger partial charge in [-0.05, 0) is 67.1 Å². The molecular weight excluding hydrogens is 487 g/mol. The third kappa shape index (κ3) is 4.43. The summed E-state index contributed by atoms with van der Waals surface area (Å²) in [4.78, 5) is 40.7.